The van der Waals surface area contributed by atoms with Crippen molar-refractivity contribution >= 4 is 50.3 Å². The Morgan fingerprint density at radius 1 is 1.00 bits per heavy atom. The lowest BCUT2D eigenvalue weighted by atomic mass is 9.95. The molecule has 2 amide bonds. The van der Waals surface area contributed by atoms with Crippen LogP contribution in [0.4, 0.5) is 0 Å². The van der Waals surface area contributed by atoms with Gasteiger partial charge in [0.15, 0.2) is 0 Å². The van der Waals surface area contributed by atoms with E-state index >= 15 is 0 Å². The Kier molecular flexibility index (Phi) is 4.82. The number of imidazole rings is 1. The molecule has 0 spiro atoms. The van der Waals surface area contributed by atoms with Crippen LogP contribution in [-0.4, -0.2) is 32.8 Å². The van der Waals surface area contributed by atoms with Gasteiger partial charge in [0, 0.05) is 35.2 Å². The molecule has 0 atom stereocenters. The number of benzene rings is 2. The molecule has 1 aliphatic rings. The maximum Gasteiger partial charge on any atom is 0.261 e. The van der Waals surface area contributed by atoms with Crippen LogP contribution < -0.4 is 0 Å². The van der Waals surface area contributed by atoms with Gasteiger partial charge in [0.05, 0.1) is 5.52 Å². The zero-order valence-electron chi connectivity index (χ0n) is 18.5. The highest BCUT2D eigenvalue weighted by atomic mass is 32.1. The lowest BCUT2D eigenvalue weighted by Gasteiger charge is -2.27. The standard InChI is InChI=1S/C26H23N3O2S/c1-5-29-25(30)16(3)15(2)21(26(29)31)13-18-14-22-24(32-18)27-23(28(22)4)20-12-8-10-17-9-6-7-11-19(17)20/h6-14H,5H2,1-4H3/b21-13-. The Morgan fingerprint density at radius 2 is 1.75 bits per heavy atom. The topological polar surface area (TPSA) is 55.2 Å². The Labute approximate surface area is 190 Å². The third-order valence-corrected chi connectivity index (χ3v) is 7.21. The van der Waals surface area contributed by atoms with Gasteiger partial charge in [0.2, 0.25) is 0 Å². The van der Waals surface area contributed by atoms with E-state index in [4.69, 9.17) is 4.98 Å². The van der Waals surface area contributed by atoms with E-state index in [1.807, 2.05) is 39.1 Å². The van der Waals surface area contributed by atoms with Crippen molar-refractivity contribution in [3.05, 3.63) is 70.1 Å². The molecule has 0 bridgehead atoms. The monoisotopic (exact) mass is 441 g/mol. The molecule has 0 saturated heterocycles. The van der Waals surface area contributed by atoms with Gasteiger partial charge in [0.25, 0.3) is 11.8 Å². The highest BCUT2D eigenvalue weighted by Gasteiger charge is 2.32. The number of fused-ring (bicyclic) bond motifs is 2. The molecule has 0 saturated carbocycles. The van der Waals surface area contributed by atoms with Crippen molar-refractivity contribution in [2.75, 3.05) is 6.54 Å². The molecule has 0 fully saturated rings. The predicted octanol–water partition coefficient (Wildman–Crippen LogP) is 5.56. The van der Waals surface area contributed by atoms with E-state index in [-0.39, 0.29) is 11.8 Å². The van der Waals surface area contributed by atoms with Gasteiger partial charge >= 0.3 is 0 Å². The molecule has 3 heterocycles. The number of nitrogens with zero attached hydrogens (tertiary/aromatic N) is 3. The minimum atomic E-state index is -0.234. The smallest absolute Gasteiger partial charge is 0.261 e. The molecule has 0 unspecified atom stereocenters. The first-order valence-corrected chi connectivity index (χ1v) is 11.4. The Bertz CT molecular complexity index is 1480. The highest BCUT2D eigenvalue weighted by Crippen LogP contribution is 2.35. The molecule has 1 aliphatic heterocycles. The van der Waals surface area contributed by atoms with Crippen molar-refractivity contribution in [2.24, 2.45) is 7.05 Å². The zero-order chi connectivity index (χ0) is 22.6. The second kappa shape index (κ2) is 7.57. The minimum absolute atomic E-state index is 0.204. The van der Waals surface area contributed by atoms with Crippen molar-refractivity contribution in [3.8, 4) is 11.4 Å². The molecule has 4 aromatic rings. The summed E-state index contributed by atoms with van der Waals surface area (Å²) in [6.07, 6.45) is 1.89. The van der Waals surface area contributed by atoms with Crippen molar-refractivity contribution in [1.82, 2.24) is 14.5 Å². The van der Waals surface area contributed by atoms with E-state index in [2.05, 4.69) is 41.0 Å². The van der Waals surface area contributed by atoms with Crippen molar-refractivity contribution in [1.29, 1.82) is 0 Å². The Hall–Kier alpha value is -3.51. The van der Waals surface area contributed by atoms with Gasteiger partial charge in [-0.15, -0.1) is 11.3 Å². The normalized spacial score (nSPS) is 16.2. The number of hydrogen-bond acceptors (Lipinski definition) is 4. The van der Waals surface area contributed by atoms with E-state index in [0.29, 0.717) is 17.7 Å². The molecule has 32 heavy (non-hydrogen) atoms. The summed E-state index contributed by atoms with van der Waals surface area (Å²) in [5.74, 6) is 0.484. The van der Waals surface area contributed by atoms with Crippen LogP contribution in [0.25, 0.3) is 38.6 Å². The number of aromatic nitrogens is 2. The lowest BCUT2D eigenvalue weighted by molar-refractivity contribution is -0.140. The second-order valence-corrected chi connectivity index (χ2v) is 9.09. The number of carbonyl (C=O) groups excluding carboxylic acids is 2. The number of hydrogen-bond donors (Lipinski definition) is 0. The summed E-state index contributed by atoms with van der Waals surface area (Å²) in [5.41, 5.74) is 4.06. The molecule has 2 aromatic heterocycles. The van der Waals surface area contributed by atoms with Gasteiger partial charge in [-0.3, -0.25) is 14.5 Å². The summed E-state index contributed by atoms with van der Waals surface area (Å²) in [6.45, 7) is 5.80. The van der Waals surface area contributed by atoms with E-state index < -0.39 is 0 Å². The fourth-order valence-corrected chi connectivity index (χ4v) is 5.29. The van der Waals surface area contributed by atoms with Crippen LogP contribution in [0, 0.1) is 0 Å². The van der Waals surface area contributed by atoms with Gasteiger partial charge in [-0.2, -0.15) is 0 Å². The first-order chi connectivity index (χ1) is 15.4. The van der Waals surface area contributed by atoms with E-state index in [0.717, 1.165) is 32.2 Å². The van der Waals surface area contributed by atoms with E-state index in [1.54, 1.807) is 18.3 Å². The van der Waals surface area contributed by atoms with Gasteiger partial charge in [-0.05, 0) is 49.3 Å². The average molecular weight is 442 g/mol. The summed E-state index contributed by atoms with van der Waals surface area (Å²) in [7, 11) is 2.02. The van der Waals surface area contributed by atoms with Gasteiger partial charge < -0.3 is 4.57 Å². The SMILES string of the molecule is CCN1C(=O)C(C)=C(C)/C(=C/c2cc3c(nc(-c4cccc5ccccc45)n3C)s2)C1=O. The Morgan fingerprint density at radius 3 is 2.50 bits per heavy atom. The molecule has 0 radical (unpaired) electrons. The molecular formula is C26H23N3O2S. The molecule has 6 heteroatoms. The van der Waals surface area contributed by atoms with Crippen LogP contribution in [-0.2, 0) is 16.6 Å². The second-order valence-electron chi connectivity index (χ2n) is 8.02. The molecule has 2 aromatic carbocycles. The zero-order valence-corrected chi connectivity index (χ0v) is 19.3. The summed E-state index contributed by atoms with van der Waals surface area (Å²) < 4.78 is 2.11. The van der Waals surface area contributed by atoms with Gasteiger partial charge in [-0.1, -0.05) is 42.5 Å². The van der Waals surface area contributed by atoms with Crippen LogP contribution in [0.15, 0.2) is 65.3 Å². The predicted molar refractivity (Wildman–Crippen MR) is 130 cm³/mol. The minimum Gasteiger partial charge on any atom is -0.326 e. The molecule has 160 valence electrons. The van der Waals surface area contributed by atoms with Crippen LogP contribution >= 0.6 is 11.3 Å². The maximum atomic E-state index is 12.9. The van der Waals surface area contributed by atoms with Gasteiger partial charge in [-0.25, -0.2) is 4.98 Å². The first kappa shape index (κ1) is 20.4. The van der Waals surface area contributed by atoms with Crippen molar-refractivity contribution in [3.63, 3.8) is 0 Å². The number of amides is 2. The van der Waals surface area contributed by atoms with E-state index in [9.17, 15) is 9.59 Å². The largest absolute Gasteiger partial charge is 0.326 e. The summed E-state index contributed by atoms with van der Waals surface area (Å²) in [4.78, 5) is 33.4. The van der Waals surface area contributed by atoms with Crippen LogP contribution in [0.5, 0.6) is 0 Å². The van der Waals surface area contributed by atoms with Crippen LogP contribution in [0.2, 0.25) is 0 Å². The fourth-order valence-electron chi connectivity index (χ4n) is 4.29. The molecule has 5 rings (SSSR count). The number of carbonyl (C=O) groups is 2. The average Bonchev–Trinajstić information content (AvgIpc) is 3.33. The lowest BCUT2D eigenvalue weighted by Crippen LogP contribution is -2.42. The van der Waals surface area contributed by atoms with Gasteiger partial charge in [0.1, 0.15) is 10.7 Å². The number of rotatable bonds is 3. The Balaban J connectivity index is 1.61. The van der Waals surface area contributed by atoms with Crippen molar-refractivity contribution < 1.29 is 9.59 Å². The van der Waals surface area contributed by atoms with Crippen LogP contribution in [0.3, 0.4) is 0 Å². The summed E-state index contributed by atoms with van der Waals surface area (Å²) in [6, 6.07) is 16.7. The third-order valence-electron chi connectivity index (χ3n) is 6.24. The molecular weight excluding hydrogens is 418 g/mol. The van der Waals surface area contributed by atoms with Crippen LogP contribution in [0.1, 0.15) is 25.6 Å². The highest BCUT2D eigenvalue weighted by molar-refractivity contribution is 7.19. The number of aryl methyl sites for hydroxylation is 1. The third kappa shape index (κ3) is 3.02. The van der Waals surface area contributed by atoms with Crippen molar-refractivity contribution in [2.45, 2.75) is 20.8 Å². The maximum absolute atomic E-state index is 12.9. The number of imide groups is 1. The summed E-state index contributed by atoms with van der Waals surface area (Å²) in [5, 5.41) is 2.36. The van der Waals surface area contributed by atoms with E-state index in [1.165, 1.54) is 15.7 Å². The number of likely N-dealkylation sites (N-methyl/N-ethyl adjacent to an activating group) is 1. The molecule has 0 N–H and O–H groups in total. The summed E-state index contributed by atoms with van der Waals surface area (Å²) >= 11 is 1.55. The first-order valence-electron chi connectivity index (χ1n) is 10.6. The molecule has 5 nitrogen and oxygen atoms in total. The number of thiophene rings is 1. The quantitative estimate of drug-likeness (QED) is 0.309. The molecule has 0 aliphatic carbocycles. The fraction of sp³-hybridized carbons (Fsp3) is 0.192.